The van der Waals surface area contributed by atoms with Gasteiger partial charge in [-0.1, -0.05) is 65.0 Å². The summed E-state index contributed by atoms with van der Waals surface area (Å²) < 4.78 is 27.8. The first-order valence-corrected chi connectivity index (χ1v) is 10.0. The first-order chi connectivity index (χ1) is 13.9. The van der Waals surface area contributed by atoms with Crippen LogP contribution < -0.4 is 5.32 Å². The minimum atomic E-state index is -0.963. The van der Waals surface area contributed by atoms with Gasteiger partial charge in [0.15, 0.2) is 0 Å². The minimum Gasteiger partial charge on any atom is -0.340 e. The van der Waals surface area contributed by atoms with E-state index in [9.17, 15) is 18.4 Å². The van der Waals surface area contributed by atoms with E-state index in [1.165, 1.54) is 16.5 Å². The van der Waals surface area contributed by atoms with Gasteiger partial charge in [0.05, 0.1) is 0 Å². The van der Waals surface area contributed by atoms with E-state index >= 15 is 0 Å². The largest absolute Gasteiger partial charge is 0.340 e. The first-order valence-electron chi connectivity index (χ1n) is 10.0. The SMILES string of the molecule is CC(C)[C@H](NC(=O)c1c(F)cccc1F)C(=O)N(C)Cc1ccc(C(C)(C)C)cc1. The van der Waals surface area contributed by atoms with Crippen molar-refractivity contribution in [3.05, 3.63) is 70.8 Å². The summed E-state index contributed by atoms with van der Waals surface area (Å²) in [6, 6.07) is 10.3. The average molecular weight is 417 g/mol. The van der Waals surface area contributed by atoms with Crippen LogP contribution >= 0.6 is 0 Å². The highest BCUT2D eigenvalue weighted by Gasteiger charge is 2.29. The molecule has 0 fully saturated rings. The van der Waals surface area contributed by atoms with E-state index < -0.39 is 29.1 Å². The third-order valence-electron chi connectivity index (χ3n) is 5.03. The second-order valence-corrected chi connectivity index (χ2v) is 8.93. The Bertz CT molecular complexity index is 882. The Morgan fingerprint density at radius 1 is 1.00 bits per heavy atom. The van der Waals surface area contributed by atoms with Gasteiger partial charge in [0.25, 0.3) is 5.91 Å². The average Bonchev–Trinajstić information content (AvgIpc) is 2.64. The van der Waals surface area contributed by atoms with Crippen molar-refractivity contribution in [3.8, 4) is 0 Å². The molecule has 0 aliphatic heterocycles. The van der Waals surface area contributed by atoms with Crippen LogP contribution in [0.4, 0.5) is 8.78 Å². The van der Waals surface area contributed by atoms with Crippen LogP contribution in [0.2, 0.25) is 0 Å². The van der Waals surface area contributed by atoms with Crippen LogP contribution in [0.1, 0.15) is 56.1 Å². The van der Waals surface area contributed by atoms with Gasteiger partial charge in [-0.3, -0.25) is 9.59 Å². The molecule has 0 aliphatic rings. The quantitative estimate of drug-likeness (QED) is 0.744. The number of benzene rings is 2. The van der Waals surface area contributed by atoms with E-state index in [-0.39, 0.29) is 17.2 Å². The third kappa shape index (κ3) is 5.65. The molecule has 0 saturated carbocycles. The van der Waals surface area contributed by atoms with Crippen LogP contribution in [-0.4, -0.2) is 29.8 Å². The molecule has 30 heavy (non-hydrogen) atoms. The first kappa shape index (κ1) is 23.5. The van der Waals surface area contributed by atoms with Gasteiger partial charge in [0, 0.05) is 13.6 Å². The van der Waals surface area contributed by atoms with Gasteiger partial charge in [-0.25, -0.2) is 8.78 Å². The van der Waals surface area contributed by atoms with Crippen molar-refractivity contribution in [2.45, 2.75) is 52.6 Å². The molecule has 0 unspecified atom stereocenters. The van der Waals surface area contributed by atoms with Gasteiger partial charge in [0.2, 0.25) is 5.91 Å². The zero-order valence-electron chi connectivity index (χ0n) is 18.4. The lowest BCUT2D eigenvalue weighted by molar-refractivity contribution is -0.133. The van der Waals surface area contributed by atoms with Crippen LogP contribution in [0.15, 0.2) is 42.5 Å². The van der Waals surface area contributed by atoms with E-state index in [2.05, 4.69) is 26.1 Å². The molecule has 162 valence electrons. The van der Waals surface area contributed by atoms with E-state index in [1.54, 1.807) is 20.9 Å². The smallest absolute Gasteiger partial charge is 0.257 e. The van der Waals surface area contributed by atoms with Gasteiger partial charge < -0.3 is 10.2 Å². The van der Waals surface area contributed by atoms with Crippen LogP contribution in [0.25, 0.3) is 0 Å². The fraction of sp³-hybridized carbons (Fsp3) is 0.417. The summed E-state index contributed by atoms with van der Waals surface area (Å²) in [4.78, 5) is 26.9. The molecule has 2 rings (SSSR count). The number of likely N-dealkylation sites (N-methyl/N-ethyl adjacent to an activating group) is 1. The molecular formula is C24H30F2N2O2. The van der Waals surface area contributed by atoms with Crippen molar-refractivity contribution >= 4 is 11.8 Å². The van der Waals surface area contributed by atoms with Crippen molar-refractivity contribution in [1.82, 2.24) is 10.2 Å². The van der Waals surface area contributed by atoms with Crippen LogP contribution in [0, 0.1) is 17.6 Å². The number of halogens is 2. The number of nitrogens with one attached hydrogen (secondary N) is 1. The van der Waals surface area contributed by atoms with Gasteiger partial charge >= 0.3 is 0 Å². The Morgan fingerprint density at radius 3 is 2.00 bits per heavy atom. The van der Waals surface area contributed by atoms with E-state index in [1.807, 2.05) is 24.3 Å². The number of carbonyl (C=O) groups is 2. The van der Waals surface area contributed by atoms with Crippen molar-refractivity contribution in [2.24, 2.45) is 5.92 Å². The molecule has 6 heteroatoms. The second-order valence-electron chi connectivity index (χ2n) is 8.93. The van der Waals surface area contributed by atoms with E-state index in [4.69, 9.17) is 0 Å². The Balaban J connectivity index is 2.13. The highest BCUT2D eigenvalue weighted by Crippen LogP contribution is 2.22. The fourth-order valence-corrected chi connectivity index (χ4v) is 3.14. The molecule has 0 saturated heterocycles. The van der Waals surface area contributed by atoms with Crippen molar-refractivity contribution < 1.29 is 18.4 Å². The van der Waals surface area contributed by atoms with Gasteiger partial charge in [-0.05, 0) is 34.6 Å². The van der Waals surface area contributed by atoms with Gasteiger partial charge in [-0.15, -0.1) is 0 Å². The molecule has 0 radical (unpaired) electrons. The van der Waals surface area contributed by atoms with Gasteiger partial charge in [-0.2, -0.15) is 0 Å². The van der Waals surface area contributed by atoms with Crippen molar-refractivity contribution in [3.63, 3.8) is 0 Å². The lowest BCUT2D eigenvalue weighted by Gasteiger charge is -2.27. The lowest BCUT2D eigenvalue weighted by Crippen LogP contribution is -2.50. The summed E-state index contributed by atoms with van der Waals surface area (Å²) in [6.45, 7) is 10.3. The fourth-order valence-electron chi connectivity index (χ4n) is 3.14. The van der Waals surface area contributed by atoms with Crippen molar-refractivity contribution in [2.75, 3.05) is 7.05 Å². The maximum atomic E-state index is 13.9. The monoisotopic (exact) mass is 416 g/mol. The zero-order chi connectivity index (χ0) is 22.6. The third-order valence-corrected chi connectivity index (χ3v) is 5.03. The zero-order valence-corrected chi connectivity index (χ0v) is 18.4. The molecule has 2 amide bonds. The second kappa shape index (κ2) is 9.37. The molecule has 0 aromatic heterocycles. The normalized spacial score (nSPS) is 12.6. The van der Waals surface area contributed by atoms with E-state index in [0.29, 0.717) is 6.54 Å². The molecule has 2 aromatic rings. The summed E-state index contributed by atoms with van der Waals surface area (Å²) >= 11 is 0. The maximum absolute atomic E-state index is 13.9. The summed E-state index contributed by atoms with van der Waals surface area (Å²) in [6.07, 6.45) is 0. The number of nitrogens with zero attached hydrogens (tertiary/aromatic N) is 1. The molecule has 0 heterocycles. The summed E-state index contributed by atoms with van der Waals surface area (Å²) in [5, 5.41) is 2.50. The summed E-state index contributed by atoms with van der Waals surface area (Å²) in [5.41, 5.74) is 1.50. The summed E-state index contributed by atoms with van der Waals surface area (Å²) in [5.74, 6) is -3.46. The molecule has 1 atom stereocenters. The Labute approximate surface area is 177 Å². The number of hydrogen-bond acceptors (Lipinski definition) is 2. The highest BCUT2D eigenvalue weighted by atomic mass is 19.1. The Kier molecular flexibility index (Phi) is 7.34. The molecule has 0 aliphatic carbocycles. The minimum absolute atomic E-state index is 0.0370. The number of hydrogen-bond donors (Lipinski definition) is 1. The van der Waals surface area contributed by atoms with Gasteiger partial charge in [0.1, 0.15) is 23.2 Å². The predicted molar refractivity (Wildman–Crippen MR) is 114 cm³/mol. The molecule has 2 aromatic carbocycles. The van der Waals surface area contributed by atoms with Crippen LogP contribution in [0.5, 0.6) is 0 Å². The number of rotatable bonds is 6. The highest BCUT2D eigenvalue weighted by molar-refractivity contribution is 5.98. The standard InChI is InChI=1S/C24H30F2N2O2/c1-15(2)21(27-22(29)20-18(25)8-7-9-19(20)26)23(30)28(6)14-16-10-12-17(13-11-16)24(3,4)5/h7-13,15,21H,14H2,1-6H3,(H,27,29)/t21-/m0/s1. The maximum Gasteiger partial charge on any atom is 0.257 e. The Hall–Kier alpha value is -2.76. The topological polar surface area (TPSA) is 49.4 Å². The number of amides is 2. The predicted octanol–water partition coefficient (Wildman–Crippen LogP) is 4.68. The molecule has 0 bridgehead atoms. The molecule has 0 spiro atoms. The van der Waals surface area contributed by atoms with Crippen LogP contribution in [-0.2, 0) is 16.8 Å². The van der Waals surface area contributed by atoms with Crippen molar-refractivity contribution in [1.29, 1.82) is 0 Å². The van der Waals surface area contributed by atoms with Crippen LogP contribution in [0.3, 0.4) is 0 Å². The molecule has 4 nitrogen and oxygen atoms in total. The van der Waals surface area contributed by atoms with E-state index in [0.717, 1.165) is 17.7 Å². The number of carbonyl (C=O) groups excluding carboxylic acids is 2. The summed E-state index contributed by atoms with van der Waals surface area (Å²) in [7, 11) is 1.64. The Morgan fingerprint density at radius 2 is 1.53 bits per heavy atom. The molecule has 1 N–H and O–H groups in total. The lowest BCUT2D eigenvalue weighted by atomic mass is 9.87. The molecular weight excluding hydrogens is 386 g/mol.